The molecule has 2 rings (SSSR count). The highest BCUT2D eigenvalue weighted by Crippen LogP contribution is 2.28. The second-order valence-corrected chi connectivity index (χ2v) is 3.48. The van der Waals surface area contributed by atoms with E-state index in [-0.39, 0.29) is 0 Å². The van der Waals surface area contributed by atoms with Crippen molar-refractivity contribution in [3.63, 3.8) is 0 Å². The van der Waals surface area contributed by atoms with Crippen LogP contribution < -0.4 is 5.32 Å². The van der Waals surface area contributed by atoms with Crippen molar-refractivity contribution in [3.05, 3.63) is 36.1 Å². The van der Waals surface area contributed by atoms with Crippen LogP contribution in [-0.2, 0) is 10.3 Å². The van der Waals surface area contributed by atoms with E-state index in [1.165, 1.54) is 0 Å². The van der Waals surface area contributed by atoms with Gasteiger partial charge in [-0.3, -0.25) is 0 Å². The molecule has 0 aromatic carbocycles. The van der Waals surface area contributed by atoms with Crippen molar-refractivity contribution >= 4 is 5.97 Å². The molecule has 1 aromatic heterocycles. The second-order valence-electron chi connectivity index (χ2n) is 3.48. The van der Waals surface area contributed by atoms with E-state index in [1.54, 1.807) is 31.6 Å². The molecule has 0 radical (unpaired) electrons. The number of hydrogen-bond donors (Lipinski definition) is 2. The molecule has 2 heterocycles. The van der Waals surface area contributed by atoms with Gasteiger partial charge in [0.2, 0.25) is 0 Å². The molecule has 1 aliphatic heterocycles. The van der Waals surface area contributed by atoms with Crippen molar-refractivity contribution in [2.24, 2.45) is 0 Å². The van der Waals surface area contributed by atoms with Crippen LogP contribution in [0.15, 0.2) is 24.7 Å². The van der Waals surface area contributed by atoms with Crippen LogP contribution in [0, 0.1) is 6.92 Å². The van der Waals surface area contributed by atoms with Crippen molar-refractivity contribution in [1.29, 1.82) is 0 Å². The summed E-state index contributed by atoms with van der Waals surface area (Å²) < 4.78 is 0. The van der Waals surface area contributed by atoms with Gasteiger partial charge in [0.15, 0.2) is 5.54 Å². The maximum Gasteiger partial charge on any atom is 0.334 e. The van der Waals surface area contributed by atoms with E-state index < -0.39 is 11.5 Å². The van der Waals surface area contributed by atoms with Crippen LogP contribution in [-0.4, -0.2) is 21.0 Å². The Kier molecular flexibility index (Phi) is 2.15. The molecule has 0 saturated carbocycles. The summed E-state index contributed by atoms with van der Waals surface area (Å²) in [5, 5.41) is 12.1. The third kappa shape index (κ3) is 1.45. The van der Waals surface area contributed by atoms with Gasteiger partial charge in [0.05, 0.1) is 0 Å². The van der Waals surface area contributed by atoms with E-state index in [0.29, 0.717) is 17.8 Å². The summed E-state index contributed by atoms with van der Waals surface area (Å²) in [5.41, 5.74) is -0.515. The van der Waals surface area contributed by atoms with E-state index >= 15 is 0 Å². The Bertz CT molecular complexity index is 403. The zero-order valence-corrected chi connectivity index (χ0v) is 8.27. The molecule has 2 N–H and O–H groups in total. The minimum absolute atomic E-state index is 0.411. The molecule has 0 spiro atoms. The van der Waals surface area contributed by atoms with Crippen molar-refractivity contribution in [3.8, 4) is 0 Å². The van der Waals surface area contributed by atoms with Gasteiger partial charge >= 0.3 is 5.97 Å². The van der Waals surface area contributed by atoms with Crippen molar-refractivity contribution in [2.75, 3.05) is 0 Å². The van der Waals surface area contributed by atoms with E-state index in [2.05, 4.69) is 15.3 Å². The molecule has 0 saturated heterocycles. The van der Waals surface area contributed by atoms with Crippen LogP contribution in [0.5, 0.6) is 0 Å². The predicted octanol–water partition coefficient (Wildman–Crippen LogP) is 0.572. The molecule has 1 aliphatic rings. The summed E-state index contributed by atoms with van der Waals surface area (Å²) in [6.07, 6.45) is 6.95. The van der Waals surface area contributed by atoms with Crippen LogP contribution in [0.4, 0.5) is 0 Å². The third-order valence-corrected chi connectivity index (χ3v) is 2.51. The zero-order chi connectivity index (χ0) is 10.9. The Morgan fingerprint density at radius 1 is 1.53 bits per heavy atom. The molecular formula is C10H11N3O2. The Balaban J connectivity index is 2.42. The van der Waals surface area contributed by atoms with Crippen LogP contribution in [0.25, 0.3) is 0 Å². The maximum atomic E-state index is 11.3. The van der Waals surface area contributed by atoms with Crippen molar-refractivity contribution < 1.29 is 9.90 Å². The topological polar surface area (TPSA) is 75.1 Å². The van der Waals surface area contributed by atoms with Crippen LogP contribution in [0.3, 0.4) is 0 Å². The number of carbonyl (C=O) groups is 1. The molecule has 0 amide bonds. The Labute approximate surface area is 86.9 Å². The molecule has 15 heavy (non-hydrogen) atoms. The average molecular weight is 205 g/mol. The van der Waals surface area contributed by atoms with E-state index in [4.69, 9.17) is 0 Å². The number of nitrogens with one attached hydrogen (secondary N) is 1. The molecule has 1 aromatic rings. The number of aryl methyl sites for hydroxylation is 1. The monoisotopic (exact) mass is 205 g/mol. The molecule has 0 aliphatic carbocycles. The van der Waals surface area contributed by atoms with E-state index in [1.807, 2.05) is 0 Å². The lowest BCUT2D eigenvalue weighted by Gasteiger charge is -2.24. The fourth-order valence-corrected chi connectivity index (χ4v) is 1.58. The maximum absolute atomic E-state index is 11.3. The lowest BCUT2D eigenvalue weighted by molar-refractivity contribution is -0.144. The first-order chi connectivity index (χ1) is 7.15. The molecule has 0 bridgehead atoms. The minimum atomic E-state index is -1.09. The van der Waals surface area contributed by atoms with Gasteiger partial charge in [-0.25, -0.2) is 14.8 Å². The van der Waals surface area contributed by atoms with Gasteiger partial charge in [0, 0.05) is 24.4 Å². The first kappa shape index (κ1) is 9.64. The molecule has 78 valence electrons. The Hall–Kier alpha value is -1.91. The number of carboxylic acids is 1. The van der Waals surface area contributed by atoms with Crippen LogP contribution in [0.1, 0.15) is 17.8 Å². The smallest absolute Gasteiger partial charge is 0.334 e. The summed E-state index contributed by atoms with van der Waals surface area (Å²) in [4.78, 5) is 19.3. The van der Waals surface area contributed by atoms with Gasteiger partial charge < -0.3 is 10.4 Å². The zero-order valence-electron chi connectivity index (χ0n) is 8.27. The first-order valence-corrected chi connectivity index (χ1v) is 4.60. The molecule has 1 unspecified atom stereocenters. The first-order valence-electron chi connectivity index (χ1n) is 4.60. The largest absolute Gasteiger partial charge is 0.479 e. The highest BCUT2D eigenvalue weighted by molar-refractivity contribution is 5.81. The molecule has 0 fully saturated rings. The van der Waals surface area contributed by atoms with Gasteiger partial charge in [-0.15, -0.1) is 0 Å². The number of nitrogens with zero attached hydrogens (tertiary/aromatic N) is 2. The van der Waals surface area contributed by atoms with Gasteiger partial charge in [-0.1, -0.05) is 6.08 Å². The molecule has 5 nitrogen and oxygen atoms in total. The summed E-state index contributed by atoms with van der Waals surface area (Å²) in [5.74, 6) is -0.287. The normalized spacial score (nSPS) is 23.8. The minimum Gasteiger partial charge on any atom is -0.479 e. The van der Waals surface area contributed by atoms with Gasteiger partial charge in [0.1, 0.15) is 5.82 Å². The van der Waals surface area contributed by atoms with E-state index in [0.717, 1.165) is 0 Å². The van der Waals surface area contributed by atoms with Gasteiger partial charge in [0.25, 0.3) is 0 Å². The Morgan fingerprint density at radius 2 is 2.20 bits per heavy atom. The third-order valence-electron chi connectivity index (χ3n) is 2.51. The lowest BCUT2D eigenvalue weighted by atomic mass is 9.91. The second kappa shape index (κ2) is 3.34. The van der Waals surface area contributed by atoms with Gasteiger partial charge in [-0.05, 0) is 13.1 Å². The number of rotatable bonds is 2. The number of aliphatic carboxylic acids is 1. The highest BCUT2D eigenvalue weighted by atomic mass is 16.4. The molecular weight excluding hydrogens is 194 g/mol. The number of aromatic nitrogens is 2. The fourth-order valence-electron chi connectivity index (χ4n) is 1.58. The molecule has 5 heteroatoms. The molecule has 1 atom stereocenters. The van der Waals surface area contributed by atoms with Crippen LogP contribution >= 0.6 is 0 Å². The quantitative estimate of drug-likeness (QED) is 0.738. The van der Waals surface area contributed by atoms with Crippen LogP contribution in [0.2, 0.25) is 0 Å². The van der Waals surface area contributed by atoms with Crippen molar-refractivity contribution in [1.82, 2.24) is 15.3 Å². The van der Waals surface area contributed by atoms with E-state index in [9.17, 15) is 9.90 Å². The number of hydrogen-bond acceptors (Lipinski definition) is 4. The highest BCUT2D eigenvalue weighted by Gasteiger charge is 2.41. The standard InChI is InChI=1S/C10H11N3O2/c1-7-11-5-8(6-12-7)10(9(14)15)3-2-4-13-10/h2,4-6,13H,3H2,1H3,(H,14,15). The summed E-state index contributed by atoms with van der Waals surface area (Å²) >= 11 is 0. The summed E-state index contributed by atoms with van der Waals surface area (Å²) in [7, 11) is 0. The summed E-state index contributed by atoms with van der Waals surface area (Å²) in [6.45, 7) is 1.76. The van der Waals surface area contributed by atoms with Gasteiger partial charge in [-0.2, -0.15) is 0 Å². The number of carboxylic acid groups (broad SMARTS) is 1. The fraction of sp³-hybridized carbons (Fsp3) is 0.300. The average Bonchev–Trinajstić information content (AvgIpc) is 2.69. The summed E-state index contributed by atoms with van der Waals surface area (Å²) in [6, 6.07) is 0. The SMILES string of the molecule is Cc1ncc(C2(C(=O)O)CC=CN2)cn1. The predicted molar refractivity (Wildman–Crippen MR) is 53.0 cm³/mol. The van der Waals surface area contributed by atoms with Crippen molar-refractivity contribution in [2.45, 2.75) is 18.9 Å². The lowest BCUT2D eigenvalue weighted by Crippen LogP contribution is -2.44. The Morgan fingerprint density at radius 3 is 2.67 bits per heavy atom.